The zero-order valence-electron chi connectivity index (χ0n) is 15.5. The highest BCUT2D eigenvalue weighted by Gasteiger charge is 2.18. The summed E-state index contributed by atoms with van der Waals surface area (Å²) < 4.78 is 14.8. The van der Waals surface area contributed by atoms with Gasteiger partial charge in [0.1, 0.15) is 5.82 Å². The molecule has 7 nitrogen and oxygen atoms in total. The fourth-order valence-corrected chi connectivity index (χ4v) is 3.54. The maximum absolute atomic E-state index is 13.1. The normalized spacial score (nSPS) is 15.4. The Morgan fingerprint density at radius 1 is 1.07 bits per heavy atom. The third kappa shape index (κ3) is 3.71. The molecule has 1 saturated heterocycles. The molecule has 2 aromatic carbocycles. The number of piperazine rings is 1. The molecule has 0 spiro atoms. The molecule has 0 saturated carbocycles. The summed E-state index contributed by atoms with van der Waals surface area (Å²) in [5.74, 6) is 0.264. The van der Waals surface area contributed by atoms with Crippen LogP contribution in [0.2, 0.25) is 0 Å². The predicted octanol–water partition coefficient (Wildman–Crippen LogP) is 1.61. The Morgan fingerprint density at radius 3 is 2.54 bits per heavy atom. The van der Waals surface area contributed by atoms with Gasteiger partial charge in [0.2, 0.25) is 0 Å². The number of anilines is 1. The number of hydrogen-bond acceptors (Lipinski definition) is 3. The van der Waals surface area contributed by atoms with Crippen LogP contribution in [0.1, 0.15) is 0 Å². The van der Waals surface area contributed by atoms with Crippen molar-refractivity contribution in [3.05, 3.63) is 64.8 Å². The van der Waals surface area contributed by atoms with Crippen LogP contribution in [0.3, 0.4) is 0 Å². The van der Waals surface area contributed by atoms with Crippen LogP contribution in [0.5, 0.6) is 0 Å². The molecule has 0 amide bonds. The summed E-state index contributed by atoms with van der Waals surface area (Å²) in [6.45, 7) is 4.00. The van der Waals surface area contributed by atoms with Crippen molar-refractivity contribution in [3.63, 3.8) is 0 Å². The number of aliphatic imine (C=N–C) groups is 1. The molecule has 3 N–H and O–H groups in total. The number of aromatic amines is 1. The standard InChI is InChI=1S/C20H23FN6O/c21-15-5-7-16(8-6-15)25-11-13-26(14-12-25)19(22)23-9-10-27-18-4-2-1-3-17(18)24-20(27)28/h1-8H,9-14H2,(H2,22,23)(H,24,28). The average Bonchev–Trinajstić information content (AvgIpc) is 3.04. The first kappa shape index (κ1) is 18.1. The summed E-state index contributed by atoms with van der Waals surface area (Å²) in [5, 5.41) is 0. The largest absolute Gasteiger partial charge is 0.370 e. The maximum atomic E-state index is 13.1. The minimum Gasteiger partial charge on any atom is -0.370 e. The van der Waals surface area contributed by atoms with Gasteiger partial charge in [0, 0.05) is 38.4 Å². The molecule has 2 heterocycles. The van der Waals surface area contributed by atoms with Gasteiger partial charge in [-0.1, -0.05) is 12.1 Å². The van der Waals surface area contributed by atoms with Gasteiger partial charge in [0.25, 0.3) is 0 Å². The van der Waals surface area contributed by atoms with Crippen molar-refractivity contribution in [2.75, 3.05) is 37.6 Å². The topological polar surface area (TPSA) is 82.6 Å². The first-order valence-electron chi connectivity index (χ1n) is 9.35. The molecule has 0 unspecified atom stereocenters. The minimum absolute atomic E-state index is 0.136. The van der Waals surface area contributed by atoms with Crippen molar-refractivity contribution >= 4 is 22.7 Å². The van der Waals surface area contributed by atoms with Crippen LogP contribution in [0.15, 0.2) is 58.3 Å². The Bertz CT molecular complexity index is 1030. The van der Waals surface area contributed by atoms with E-state index in [1.165, 1.54) is 12.1 Å². The second-order valence-electron chi connectivity index (χ2n) is 6.79. The number of imidazole rings is 1. The molecule has 1 fully saturated rings. The number of nitrogens with zero attached hydrogens (tertiary/aromatic N) is 4. The number of aromatic nitrogens is 2. The number of rotatable bonds is 4. The first-order chi connectivity index (χ1) is 13.6. The monoisotopic (exact) mass is 382 g/mol. The van der Waals surface area contributed by atoms with E-state index in [1.807, 2.05) is 29.2 Å². The molecule has 3 aromatic rings. The van der Waals surface area contributed by atoms with Gasteiger partial charge in [-0.2, -0.15) is 0 Å². The second kappa shape index (κ2) is 7.75. The number of para-hydroxylation sites is 2. The van der Waals surface area contributed by atoms with E-state index in [0.29, 0.717) is 19.0 Å². The lowest BCUT2D eigenvalue weighted by atomic mass is 10.2. The van der Waals surface area contributed by atoms with E-state index in [1.54, 1.807) is 16.7 Å². The SMILES string of the molecule is NC(=NCCn1c(=O)[nH]c2ccccc21)N1CCN(c2ccc(F)cc2)CC1. The van der Waals surface area contributed by atoms with Crippen LogP contribution in [0.25, 0.3) is 11.0 Å². The number of guanidine groups is 1. The smallest absolute Gasteiger partial charge is 0.326 e. The molecule has 146 valence electrons. The number of fused-ring (bicyclic) bond motifs is 1. The van der Waals surface area contributed by atoms with E-state index >= 15 is 0 Å². The molecule has 4 rings (SSSR count). The van der Waals surface area contributed by atoms with Gasteiger partial charge in [0.15, 0.2) is 5.96 Å². The lowest BCUT2D eigenvalue weighted by molar-refractivity contribution is 0.380. The van der Waals surface area contributed by atoms with Gasteiger partial charge in [-0.3, -0.25) is 9.56 Å². The summed E-state index contributed by atoms with van der Waals surface area (Å²) >= 11 is 0. The Labute approximate surface area is 161 Å². The maximum Gasteiger partial charge on any atom is 0.326 e. The fraction of sp³-hybridized carbons (Fsp3) is 0.300. The van der Waals surface area contributed by atoms with Crippen LogP contribution in [0.4, 0.5) is 10.1 Å². The zero-order valence-corrected chi connectivity index (χ0v) is 15.5. The molecule has 1 aliphatic rings. The summed E-state index contributed by atoms with van der Waals surface area (Å²) in [6, 6.07) is 14.1. The van der Waals surface area contributed by atoms with Crippen LogP contribution >= 0.6 is 0 Å². The molecule has 1 aromatic heterocycles. The number of H-pyrrole nitrogens is 1. The number of halogens is 1. The van der Waals surface area contributed by atoms with Crippen molar-refractivity contribution in [1.82, 2.24) is 14.5 Å². The number of hydrogen-bond donors (Lipinski definition) is 2. The minimum atomic E-state index is -0.229. The van der Waals surface area contributed by atoms with Gasteiger partial charge < -0.3 is 20.5 Å². The Balaban J connectivity index is 1.34. The summed E-state index contributed by atoms with van der Waals surface area (Å²) in [6.07, 6.45) is 0. The molecular weight excluding hydrogens is 359 g/mol. The van der Waals surface area contributed by atoms with E-state index in [2.05, 4.69) is 14.9 Å². The third-order valence-electron chi connectivity index (χ3n) is 5.07. The van der Waals surface area contributed by atoms with Crippen LogP contribution in [-0.4, -0.2) is 53.1 Å². The Hall–Kier alpha value is -3.29. The van der Waals surface area contributed by atoms with Crippen molar-refractivity contribution in [1.29, 1.82) is 0 Å². The highest BCUT2D eigenvalue weighted by molar-refractivity contribution is 5.78. The molecule has 0 atom stereocenters. The highest BCUT2D eigenvalue weighted by Crippen LogP contribution is 2.16. The Kier molecular flexibility index (Phi) is 5.01. The predicted molar refractivity (Wildman–Crippen MR) is 109 cm³/mol. The van der Waals surface area contributed by atoms with Crippen LogP contribution in [0, 0.1) is 5.82 Å². The van der Waals surface area contributed by atoms with Crippen molar-refractivity contribution < 1.29 is 4.39 Å². The number of nitrogens with one attached hydrogen (secondary N) is 1. The van der Waals surface area contributed by atoms with Gasteiger partial charge in [-0.25, -0.2) is 9.18 Å². The fourth-order valence-electron chi connectivity index (χ4n) is 3.54. The molecule has 0 bridgehead atoms. The highest BCUT2D eigenvalue weighted by atomic mass is 19.1. The molecule has 28 heavy (non-hydrogen) atoms. The number of nitrogens with two attached hydrogens (primary N) is 1. The van der Waals surface area contributed by atoms with E-state index in [9.17, 15) is 9.18 Å². The van der Waals surface area contributed by atoms with Gasteiger partial charge >= 0.3 is 5.69 Å². The van der Waals surface area contributed by atoms with Gasteiger partial charge in [0.05, 0.1) is 17.6 Å². The van der Waals surface area contributed by atoms with Gasteiger partial charge in [-0.15, -0.1) is 0 Å². The van der Waals surface area contributed by atoms with Crippen molar-refractivity contribution in [2.45, 2.75) is 6.54 Å². The van der Waals surface area contributed by atoms with Crippen LogP contribution < -0.4 is 16.3 Å². The molecule has 1 aliphatic heterocycles. The molecule has 0 radical (unpaired) electrons. The molecular formula is C20H23FN6O. The second-order valence-corrected chi connectivity index (χ2v) is 6.79. The average molecular weight is 382 g/mol. The van der Waals surface area contributed by atoms with Crippen molar-refractivity contribution in [3.8, 4) is 0 Å². The summed E-state index contributed by atoms with van der Waals surface area (Å²) in [5.41, 5.74) is 8.72. The lowest BCUT2D eigenvalue weighted by Crippen LogP contribution is -2.51. The quantitative estimate of drug-likeness (QED) is 0.531. The Morgan fingerprint density at radius 2 is 1.79 bits per heavy atom. The van der Waals surface area contributed by atoms with Crippen LogP contribution in [-0.2, 0) is 6.54 Å². The number of benzene rings is 2. The summed E-state index contributed by atoms with van der Waals surface area (Å²) in [4.78, 5) is 23.6. The third-order valence-corrected chi connectivity index (χ3v) is 5.07. The van der Waals surface area contributed by atoms with E-state index in [0.717, 1.165) is 42.9 Å². The summed E-state index contributed by atoms with van der Waals surface area (Å²) in [7, 11) is 0. The van der Waals surface area contributed by atoms with E-state index in [4.69, 9.17) is 5.73 Å². The van der Waals surface area contributed by atoms with E-state index in [-0.39, 0.29) is 11.5 Å². The lowest BCUT2D eigenvalue weighted by Gasteiger charge is -2.36. The van der Waals surface area contributed by atoms with Crippen molar-refractivity contribution in [2.24, 2.45) is 10.7 Å². The van der Waals surface area contributed by atoms with E-state index < -0.39 is 0 Å². The first-order valence-corrected chi connectivity index (χ1v) is 9.35. The zero-order chi connectivity index (χ0) is 19.5. The van der Waals surface area contributed by atoms with Gasteiger partial charge in [-0.05, 0) is 36.4 Å². The molecule has 8 heteroatoms. The molecule has 0 aliphatic carbocycles.